The van der Waals surface area contributed by atoms with E-state index in [0.717, 1.165) is 38.9 Å². The predicted molar refractivity (Wildman–Crippen MR) is 442 cm³/mol. The summed E-state index contributed by atoms with van der Waals surface area (Å²) >= 11 is 0. The number of fused-ring (bicyclic) bond motifs is 9. The first-order valence-corrected chi connectivity index (χ1v) is 35.5. The van der Waals surface area contributed by atoms with E-state index in [0.29, 0.717) is 61.6 Å². The van der Waals surface area contributed by atoms with Crippen molar-refractivity contribution in [1.82, 2.24) is 4.57 Å². The molecule has 5 aliphatic rings. The van der Waals surface area contributed by atoms with Gasteiger partial charge in [-0.3, -0.25) is 0 Å². The van der Waals surface area contributed by atoms with Crippen molar-refractivity contribution in [3.63, 3.8) is 0 Å². The number of rotatable bonds is 9. The number of benzene rings is 15. The summed E-state index contributed by atoms with van der Waals surface area (Å²) in [5, 5.41) is -0.143. The highest BCUT2D eigenvalue weighted by Gasteiger charge is 2.53. The monoisotopic (exact) mass is 1360 g/mol. The standard InChI is InChI=1S/C98H71B2N3O2/c1-97(2,3)75-47-29-48-76(98(4,5)6)87(75)68-55-80-88-81(56-68)103(94-71(64-38-21-11-22-39-64)45-28-46-72(94)65-40-23-12-24-41-65)82-59-83-90-96(105-86-58-67(61-32-15-8-16-33-61)57-85-91(86)100(90)92-84(104-85)53-51-74-73-42-25-26-49-78(73)101(83)95(74)92)89(82)99(88)77-52-50-66(60-30-13-7-14-31-60)54-79(77)102(80)93-69(62-34-17-9-18-35-62)43-27-44-70(93)63-36-19-10-20-37-63/h7-59H,1-6H3/i7D,13D,14D,25D,26D,30D,31D,42D,49D,50D,51D,52D,53D,54D,57D,58D,59D. The van der Waals surface area contributed by atoms with Gasteiger partial charge in [-0.2, -0.15) is 0 Å². The maximum absolute atomic E-state index is 12.3. The third-order valence-corrected chi connectivity index (χ3v) is 21.5. The van der Waals surface area contributed by atoms with E-state index in [1.54, 1.807) is 28.8 Å². The van der Waals surface area contributed by atoms with Crippen LogP contribution in [0.4, 0.5) is 34.1 Å². The fourth-order valence-corrected chi connectivity index (χ4v) is 17.1. The largest absolute Gasteiger partial charge is 0.459 e. The van der Waals surface area contributed by atoms with Gasteiger partial charge in [-0.1, -0.05) is 308 Å². The maximum atomic E-state index is 12.3. The van der Waals surface area contributed by atoms with Crippen LogP contribution in [0.1, 0.15) is 76.0 Å². The zero-order valence-electron chi connectivity index (χ0n) is 75.1. The summed E-state index contributed by atoms with van der Waals surface area (Å²) in [6, 6.07) is 61.6. The van der Waals surface area contributed by atoms with Crippen LogP contribution < -0.4 is 52.1 Å². The minimum absolute atomic E-state index is 0.00663. The third-order valence-electron chi connectivity index (χ3n) is 21.5. The summed E-state index contributed by atoms with van der Waals surface area (Å²) in [6.45, 7) is 10.2. The molecule has 21 rings (SSSR count). The number of hydrogen-bond donors (Lipinski definition) is 0. The van der Waals surface area contributed by atoms with E-state index < -0.39 is 120 Å². The number of anilines is 6. The Balaban J connectivity index is 1.07. The van der Waals surface area contributed by atoms with E-state index >= 15 is 0 Å². The van der Waals surface area contributed by atoms with Crippen LogP contribution in [0.15, 0.2) is 321 Å². The molecule has 6 heterocycles. The molecule has 7 heteroatoms. The van der Waals surface area contributed by atoms with Crippen molar-refractivity contribution in [1.29, 1.82) is 0 Å². The van der Waals surface area contributed by atoms with E-state index in [2.05, 4.69) is 76.8 Å². The van der Waals surface area contributed by atoms with Crippen LogP contribution in [-0.4, -0.2) is 18.0 Å². The fourth-order valence-electron chi connectivity index (χ4n) is 17.1. The molecule has 0 fully saturated rings. The van der Waals surface area contributed by atoms with Crippen LogP contribution in [0.3, 0.4) is 0 Å². The van der Waals surface area contributed by atoms with Gasteiger partial charge in [0.15, 0.2) is 0 Å². The van der Waals surface area contributed by atoms with E-state index in [4.69, 9.17) is 10.8 Å². The van der Waals surface area contributed by atoms with Gasteiger partial charge in [-0.15, -0.1) is 0 Å². The predicted octanol–water partition coefficient (Wildman–Crippen LogP) is 22.2. The molecule has 15 aromatic carbocycles. The normalized spacial score (nSPS) is 15.6. The Morgan fingerprint density at radius 1 is 0.324 bits per heavy atom. The molecule has 0 saturated carbocycles. The lowest BCUT2D eigenvalue weighted by Gasteiger charge is -2.48. The minimum Gasteiger partial charge on any atom is -0.459 e. The molecule has 105 heavy (non-hydrogen) atoms. The topological polar surface area (TPSA) is 29.9 Å². The smallest absolute Gasteiger partial charge is 0.266 e. The molecule has 496 valence electrons. The highest BCUT2D eigenvalue weighted by molar-refractivity contribution is 7.04. The zero-order chi connectivity index (χ0) is 84.9. The van der Waals surface area contributed by atoms with Crippen molar-refractivity contribution in [3.8, 4) is 107 Å². The molecule has 5 aliphatic heterocycles. The van der Waals surface area contributed by atoms with Gasteiger partial charge in [0.25, 0.3) is 13.4 Å². The van der Waals surface area contributed by atoms with Gasteiger partial charge in [-0.05, 0) is 159 Å². The Morgan fingerprint density at radius 2 is 0.819 bits per heavy atom. The second-order valence-corrected chi connectivity index (χ2v) is 29.6. The number of hydrogen-bond acceptors (Lipinski definition) is 4. The van der Waals surface area contributed by atoms with Crippen molar-refractivity contribution in [2.75, 3.05) is 9.80 Å². The number of aromatic nitrogens is 1. The van der Waals surface area contributed by atoms with Gasteiger partial charge in [0.05, 0.1) is 45.7 Å². The average Bonchev–Trinajstić information content (AvgIpc) is 1.30. The van der Waals surface area contributed by atoms with Gasteiger partial charge in [0.2, 0.25) is 0 Å². The van der Waals surface area contributed by atoms with Gasteiger partial charge < -0.3 is 23.8 Å². The molecule has 16 aromatic rings. The summed E-state index contributed by atoms with van der Waals surface area (Å²) in [5.74, 6) is -0.415. The molecule has 0 N–H and O–H groups in total. The van der Waals surface area contributed by atoms with Crippen LogP contribution in [0.2, 0.25) is 0 Å². The van der Waals surface area contributed by atoms with Crippen LogP contribution in [0.25, 0.3) is 105 Å². The van der Waals surface area contributed by atoms with Crippen molar-refractivity contribution in [2.45, 2.75) is 52.4 Å². The maximum Gasteiger partial charge on any atom is 0.266 e. The first-order chi connectivity index (χ1) is 58.5. The Bertz CT molecular complexity index is 7210. The average molecular weight is 1360 g/mol. The van der Waals surface area contributed by atoms with Crippen molar-refractivity contribution >= 4 is 102 Å². The van der Waals surface area contributed by atoms with Crippen molar-refractivity contribution in [3.05, 3.63) is 332 Å². The van der Waals surface area contributed by atoms with Crippen LogP contribution in [0.5, 0.6) is 23.0 Å². The number of para-hydroxylation sites is 3. The van der Waals surface area contributed by atoms with E-state index in [9.17, 15) is 21.9 Å². The first kappa shape index (κ1) is 46.1. The van der Waals surface area contributed by atoms with Crippen molar-refractivity contribution in [2.24, 2.45) is 0 Å². The molecular formula is C98H71B2N3O2. The van der Waals surface area contributed by atoms with Gasteiger partial charge in [-0.25, -0.2) is 0 Å². The lowest BCUT2D eigenvalue weighted by Crippen LogP contribution is -2.66. The van der Waals surface area contributed by atoms with Crippen LogP contribution in [0, 0.1) is 0 Å². The second kappa shape index (κ2) is 23.0. The lowest BCUT2D eigenvalue weighted by molar-refractivity contribution is 0.466. The molecule has 0 bridgehead atoms. The molecule has 0 radical (unpaired) electrons. The van der Waals surface area contributed by atoms with E-state index in [1.807, 2.05) is 169 Å². The SMILES string of the molecule is [2H]c1c([2H])c([2H])c(-c2c([2H])c([2H])c3c(c2[2H])N(c2c(-c4ccccc4)cccc2-c2ccccc2)c2cc(-c4c(C(C)(C)C)cccc4C(C)(C)C)cc4c2B3c2c3c5c(c([2H])c2N4c2c(-c4ccccc4)cccc2-c2ccccc2)-n2c4c([2H])c([2H])c([2H])c([2H])c4c4c([2H])c([2H])c6c(c42)B5c2c(c([2H])c(-c4ccccc4)c([2H])c2O6)O3)c([2H])c1[2H]. The Labute approximate surface area is 637 Å². The summed E-state index contributed by atoms with van der Waals surface area (Å²) < 4.78 is 191. The van der Waals surface area contributed by atoms with Gasteiger partial charge >= 0.3 is 0 Å². The minimum atomic E-state index is -1.51. The molecule has 1 aromatic heterocycles. The van der Waals surface area contributed by atoms with Gasteiger partial charge in [0, 0.05) is 66.9 Å². The fraction of sp³-hybridized carbons (Fsp3) is 0.0816. The first-order valence-electron chi connectivity index (χ1n) is 44.0. The van der Waals surface area contributed by atoms with Crippen LogP contribution >= 0.6 is 0 Å². The quantitative estimate of drug-likeness (QED) is 0.135. The second-order valence-electron chi connectivity index (χ2n) is 29.6. The molecule has 5 nitrogen and oxygen atoms in total. The van der Waals surface area contributed by atoms with Crippen molar-refractivity contribution < 1.29 is 32.8 Å². The summed E-state index contributed by atoms with van der Waals surface area (Å²) in [7, 11) is 0. The van der Waals surface area contributed by atoms with Gasteiger partial charge in [0.1, 0.15) is 23.0 Å². The summed E-state index contributed by atoms with van der Waals surface area (Å²) in [4.78, 5) is 4.08. The Hall–Kier alpha value is -12.6. The molecule has 0 spiro atoms. The lowest BCUT2D eigenvalue weighted by atomic mass is 9.29. The Morgan fingerprint density at radius 3 is 1.37 bits per heavy atom. The molecule has 0 amide bonds. The highest BCUT2D eigenvalue weighted by atomic mass is 16.5. The molecule has 0 aliphatic carbocycles. The summed E-state index contributed by atoms with van der Waals surface area (Å²) in [6.07, 6.45) is 0. The molecular weight excluding hydrogens is 1270 g/mol. The highest BCUT2D eigenvalue weighted by Crippen LogP contribution is 2.57. The zero-order valence-corrected chi connectivity index (χ0v) is 58.1. The van der Waals surface area contributed by atoms with Crippen LogP contribution in [-0.2, 0) is 10.8 Å². The summed E-state index contributed by atoms with van der Waals surface area (Å²) in [5.41, 5.74) is 10.4. The Kier molecular flexibility index (Phi) is 10.1. The number of nitrogens with zero attached hydrogens (tertiary/aromatic N) is 3. The van der Waals surface area contributed by atoms with E-state index in [-0.39, 0.29) is 113 Å². The van der Waals surface area contributed by atoms with E-state index in [1.165, 1.54) is 0 Å². The third kappa shape index (κ3) is 9.17. The molecule has 0 atom stereocenters. The molecule has 0 unspecified atom stereocenters. The molecule has 0 saturated heterocycles. The number of ether oxygens (including phenoxy) is 2.